The minimum Gasteiger partial charge on any atom is -0.368 e. The number of carbonyl (C=O) groups excluding carboxylic acids is 1. The van der Waals surface area contributed by atoms with Crippen LogP contribution in [0.4, 0.5) is 0 Å². The zero-order chi connectivity index (χ0) is 15.5. The third-order valence-electron chi connectivity index (χ3n) is 5.37. The molecule has 0 aromatic rings. The van der Waals surface area contributed by atoms with Crippen molar-refractivity contribution in [3.05, 3.63) is 0 Å². The highest BCUT2D eigenvalue weighted by atomic mass is 16.1. The lowest BCUT2D eigenvalue weighted by Crippen LogP contribution is -2.57. The predicted octanol–water partition coefficient (Wildman–Crippen LogP) is 2.27. The molecule has 21 heavy (non-hydrogen) atoms. The van der Waals surface area contributed by atoms with E-state index in [1.807, 2.05) is 6.92 Å². The second kappa shape index (κ2) is 7.10. The third kappa shape index (κ3) is 4.96. The number of primary amides is 1. The van der Waals surface area contributed by atoms with Crippen LogP contribution in [0.25, 0.3) is 0 Å². The van der Waals surface area contributed by atoms with Crippen molar-refractivity contribution in [2.75, 3.05) is 13.6 Å². The number of hydrogen-bond donors (Lipinski definition) is 2. The van der Waals surface area contributed by atoms with Gasteiger partial charge in [-0.05, 0) is 58.9 Å². The van der Waals surface area contributed by atoms with Crippen LogP contribution in [0.5, 0.6) is 0 Å². The lowest BCUT2D eigenvalue weighted by Gasteiger charge is -2.36. The molecule has 0 radical (unpaired) electrons. The van der Waals surface area contributed by atoms with Gasteiger partial charge in [-0.3, -0.25) is 4.79 Å². The van der Waals surface area contributed by atoms with E-state index in [0.29, 0.717) is 12.1 Å². The number of carbonyl (C=O) groups is 1. The fourth-order valence-electron chi connectivity index (χ4n) is 3.61. The van der Waals surface area contributed by atoms with Gasteiger partial charge < -0.3 is 16.0 Å². The molecule has 2 rings (SSSR count). The topological polar surface area (TPSA) is 58.4 Å². The number of nitrogens with one attached hydrogen (secondary N) is 1. The summed E-state index contributed by atoms with van der Waals surface area (Å²) in [5.74, 6) is 0.620. The number of amides is 1. The Morgan fingerprint density at radius 1 is 1.29 bits per heavy atom. The standard InChI is InChI=1S/C17H33N3O/c1-13(20(3)12-14-7-5-4-6-8-14)11-17(2,16(18)21)19-15-9-10-15/h13-15,19H,4-12H2,1-3H3,(H2,18,21). The summed E-state index contributed by atoms with van der Waals surface area (Å²) < 4.78 is 0. The molecule has 3 N–H and O–H groups in total. The van der Waals surface area contributed by atoms with Gasteiger partial charge in [0, 0.05) is 18.6 Å². The molecule has 2 saturated carbocycles. The Morgan fingerprint density at radius 3 is 2.43 bits per heavy atom. The first-order chi connectivity index (χ1) is 9.90. The lowest BCUT2D eigenvalue weighted by atomic mass is 9.87. The van der Waals surface area contributed by atoms with Crippen molar-refractivity contribution < 1.29 is 4.79 Å². The van der Waals surface area contributed by atoms with Crippen LogP contribution in [0, 0.1) is 5.92 Å². The van der Waals surface area contributed by atoms with Gasteiger partial charge >= 0.3 is 0 Å². The van der Waals surface area contributed by atoms with E-state index in [1.54, 1.807) is 0 Å². The number of rotatable bonds is 8. The molecule has 2 unspecified atom stereocenters. The van der Waals surface area contributed by atoms with E-state index in [0.717, 1.165) is 18.9 Å². The maximum atomic E-state index is 11.9. The zero-order valence-corrected chi connectivity index (χ0v) is 14.0. The quantitative estimate of drug-likeness (QED) is 0.722. The summed E-state index contributed by atoms with van der Waals surface area (Å²) in [7, 11) is 2.19. The van der Waals surface area contributed by atoms with Crippen molar-refractivity contribution in [1.29, 1.82) is 0 Å². The van der Waals surface area contributed by atoms with E-state index in [-0.39, 0.29) is 5.91 Å². The first kappa shape index (κ1) is 16.8. The minimum atomic E-state index is -0.568. The van der Waals surface area contributed by atoms with Gasteiger partial charge in [-0.25, -0.2) is 0 Å². The van der Waals surface area contributed by atoms with Crippen molar-refractivity contribution in [3.63, 3.8) is 0 Å². The molecular weight excluding hydrogens is 262 g/mol. The molecule has 2 aliphatic rings. The molecule has 0 bridgehead atoms. The monoisotopic (exact) mass is 295 g/mol. The van der Waals surface area contributed by atoms with Crippen LogP contribution >= 0.6 is 0 Å². The van der Waals surface area contributed by atoms with Crippen molar-refractivity contribution >= 4 is 5.91 Å². The van der Waals surface area contributed by atoms with Gasteiger partial charge in [-0.15, -0.1) is 0 Å². The molecular formula is C17H33N3O. The predicted molar refractivity (Wildman–Crippen MR) is 87.0 cm³/mol. The van der Waals surface area contributed by atoms with E-state index in [1.165, 1.54) is 44.9 Å². The van der Waals surface area contributed by atoms with E-state index >= 15 is 0 Å². The van der Waals surface area contributed by atoms with Gasteiger partial charge in [0.25, 0.3) is 0 Å². The Hall–Kier alpha value is -0.610. The summed E-state index contributed by atoms with van der Waals surface area (Å²) in [5.41, 5.74) is 5.09. The van der Waals surface area contributed by atoms with Crippen molar-refractivity contribution in [2.24, 2.45) is 11.7 Å². The van der Waals surface area contributed by atoms with Crippen LogP contribution in [0.2, 0.25) is 0 Å². The summed E-state index contributed by atoms with van der Waals surface area (Å²) in [4.78, 5) is 14.3. The molecule has 4 nitrogen and oxygen atoms in total. The Kier molecular flexibility index (Phi) is 5.67. The van der Waals surface area contributed by atoms with Gasteiger partial charge in [-0.1, -0.05) is 19.3 Å². The number of nitrogens with zero attached hydrogens (tertiary/aromatic N) is 1. The van der Waals surface area contributed by atoms with Crippen LogP contribution in [-0.2, 0) is 4.79 Å². The van der Waals surface area contributed by atoms with Crippen LogP contribution in [0.3, 0.4) is 0 Å². The molecule has 0 saturated heterocycles. The molecule has 0 aromatic heterocycles. The smallest absolute Gasteiger partial charge is 0.237 e. The first-order valence-electron chi connectivity index (χ1n) is 8.68. The molecule has 4 heteroatoms. The van der Waals surface area contributed by atoms with Crippen molar-refractivity contribution in [2.45, 2.75) is 82.8 Å². The second-order valence-corrected chi connectivity index (χ2v) is 7.61. The first-order valence-corrected chi connectivity index (χ1v) is 8.68. The van der Waals surface area contributed by atoms with Crippen LogP contribution in [-0.4, -0.2) is 42.0 Å². The van der Waals surface area contributed by atoms with Crippen molar-refractivity contribution in [3.8, 4) is 0 Å². The van der Waals surface area contributed by atoms with Gasteiger partial charge in [0.1, 0.15) is 0 Å². The van der Waals surface area contributed by atoms with Gasteiger partial charge in [-0.2, -0.15) is 0 Å². The molecule has 2 aliphatic carbocycles. The SMILES string of the molecule is CC(CC(C)(NC1CC1)C(N)=O)N(C)CC1CCCCC1. The van der Waals surface area contributed by atoms with Crippen LogP contribution < -0.4 is 11.1 Å². The largest absolute Gasteiger partial charge is 0.368 e. The average molecular weight is 295 g/mol. The molecule has 1 amide bonds. The maximum absolute atomic E-state index is 11.9. The molecule has 0 heterocycles. The van der Waals surface area contributed by atoms with E-state index in [9.17, 15) is 4.79 Å². The van der Waals surface area contributed by atoms with Crippen LogP contribution in [0.15, 0.2) is 0 Å². The molecule has 0 aliphatic heterocycles. The average Bonchev–Trinajstić information content (AvgIpc) is 3.23. The van der Waals surface area contributed by atoms with E-state index < -0.39 is 5.54 Å². The summed E-state index contributed by atoms with van der Waals surface area (Å²) >= 11 is 0. The summed E-state index contributed by atoms with van der Waals surface area (Å²) in [6.45, 7) is 5.34. The Balaban J connectivity index is 1.84. The highest BCUT2D eigenvalue weighted by molar-refractivity contribution is 5.84. The zero-order valence-electron chi connectivity index (χ0n) is 14.0. The fourth-order valence-corrected chi connectivity index (χ4v) is 3.61. The normalized spacial score (nSPS) is 24.8. The van der Waals surface area contributed by atoms with Crippen LogP contribution in [0.1, 0.15) is 65.2 Å². The molecule has 122 valence electrons. The summed E-state index contributed by atoms with van der Waals surface area (Å²) in [5, 5.41) is 3.45. The molecule has 0 aromatic carbocycles. The van der Waals surface area contributed by atoms with Gasteiger partial charge in [0.2, 0.25) is 5.91 Å². The summed E-state index contributed by atoms with van der Waals surface area (Å²) in [6.07, 6.45) is 10.0. The van der Waals surface area contributed by atoms with Gasteiger partial charge in [0.15, 0.2) is 0 Å². The number of hydrogen-bond acceptors (Lipinski definition) is 3. The molecule has 0 spiro atoms. The maximum Gasteiger partial charge on any atom is 0.237 e. The fraction of sp³-hybridized carbons (Fsp3) is 0.941. The number of nitrogens with two attached hydrogens (primary N) is 1. The van der Waals surface area contributed by atoms with E-state index in [4.69, 9.17) is 5.73 Å². The molecule has 2 atom stereocenters. The Morgan fingerprint density at radius 2 is 1.90 bits per heavy atom. The highest BCUT2D eigenvalue weighted by Crippen LogP contribution is 2.27. The highest BCUT2D eigenvalue weighted by Gasteiger charge is 2.38. The van der Waals surface area contributed by atoms with E-state index in [2.05, 4.69) is 24.2 Å². The van der Waals surface area contributed by atoms with Crippen molar-refractivity contribution in [1.82, 2.24) is 10.2 Å². The summed E-state index contributed by atoms with van der Waals surface area (Å²) in [6, 6.07) is 0.869. The third-order valence-corrected chi connectivity index (χ3v) is 5.37. The minimum absolute atomic E-state index is 0.215. The Bertz CT molecular complexity index is 350. The Labute approximate surface area is 129 Å². The van der Waals surface area contributed by atoms with Gasteiger partial charge in [0.05, 0.1) is 5.54 Å². The molecule has 2 fully saturated rings. The lowest BCUT2D eigenvalue weighted by molar-refractivity contribution is -0.124. The second-order valence-electron chi connectivity index (χ2n) is 7.61.